The summed E-state index contributed by atoms with van der Waals surface area (Å²) in [5.74, 6) is 0.214. The number of aliphatic hydroxyl groups excluding tert-OH is 1. The van der Waals surface area contributed by atoms with E-state index in [-0.39, 0.29) is 17.3 Å². The van der Waals surface area contributed by atoms with Crippen molar-refractivity contribution in [2.75, 3.05) is 6.61 Å². The molecule has 3 heteroatoms. The van der Waals surface area contributed by atoms with Crippen molar-refractivity contribution in [1.82, 2.24) is 0 Å². The standard InChI is InChI=1S/C13H20O3/c1-4-6-12(15)16-9-10-7-5-8-11(14)13(10,2)3/h5,7-8,10,14H,4,6,9H2,1-3H3. The van der Waals surface area contributed by atoms with Crippen molar-refractivity contribution in [3.8, 4) is 0 Å². The smallest absolute Gasteiger partial charge is 0.305 e. The van der Waals surface area contributed by atoms with Crippen molar-refractivity contribution >= 4 is 5.97 Å². The van der Waals surface area contributed by atoms with E-state index in [1.807, 2.05) is 26.8 Å². The zero-order valence-corrected chi connectivity index (χ0v) is 10.2. The number of hydrogen-bond acceptors (Lipinski definition) is 3. The van der Waals surface area contributed by atoms with E-state index in [0.717, 1.165) is 6.42 Å². The van der Waals surface area contributed by atoms with Crippen molar-refractivity contribution in [3.05, 3.63) is 24.0 Å². The Morgan fingerprint density at radius 1 is 1.56 bits per heavy atom. The molecule has 90 valence electrons. The van der Waals surface area contributed by atoms with Crippen LogP contribution in [0.25, 0.3) is 0 Å². The van der Waals surface area contributed by atoms with Gasteiger partial charge in [-0.05, 0) is 12.5 Å². The Morgan fingerprint density at radius 2 is 2.25 bits per heavy atom. The van der Waals surface area contributed by atoms with Crippen LogP contribution in [-0.4, -0.2) is 17.7 Å². The molecule has 0 fully saturated rings. The molecule has 0 aliphatic heterocycles. The lowest BCUT2D eigenvalue weighted by Gasteiger charge is -2.33. The van der Waals surface area contributed by atoms with Gasteiger partial charge in [-0.25, -0.2) is 0 Å². The molecule has 0 heterocycles. The number of carbonyl (C=O) groups is 1. The Labute approximate surface area is 96.8 Å². The van der Waals surface area contributed by atoms with Gasteiger partial charge in [-0.15, -0.1) is 0 Å². The van der Waals surface area contributed by atoms with Gasteiger partial charge < -0.3 is 9.84 Å². The van der Waals surface area contributed by atoms with Gasteiger partial charge in [0.05, 0.1) is 12.4 Å². The second kappa shape index (κ2) is 5.19. The maximum Gasteiger partial charge on any atom is 0.305 e. The summed E-state index contributed by atoms with van der Waals surface area (Å²) in [7, 11) is 0. The summed E-state index contributed by atoms with van der Waals surface area (Å²) in [6.07, 6.45) is 6.72. The van der Waals surface area contributed by atoms with Gasteiger partial charge in [0.2, 0.25) is 0 Å². The average molecular weight is 224 g/mol. The monoisotopic (exact) mass is 224 g/mol. The molecule has 1 aliphatic rings. The number of hydrogen-bond donors (Lipinski definition) is 1. The van der Waals surface area contributed by atoms with Crippen LogP contribution >= 0.6 is 0 Å². The van der Waals surface area contributed by atoms with Gasteiger partial charge in [-0.2, -0.15) is 0 Å². The van der Waals surface area contributed by atoms with Gasteiger partial charge in [0, 0.05) is 17.8 Å². The Bertz CT molecular complexity index is 313. The van der Waals surface area contributed by atoms with Crippen LogP contribution in [0.5, 0.6) is 0 Å². The highest BCUT2D eigenvalue weighted by Gasteiger charge is 2.34. The quantitative estimate of drug-likeness (QED) is 0.747. The molecule has 0 aromatic rings. The van der Waals surface area contributed by atoms with Crippen molar-refractivity contribution in [2.24, 2.45) is 11.3 Å². The fourth-order valence-corrected chi connectivity index (χ4v) is 1.65. The Kier molecular flexibility index (Phi) is 4.16. The molecule has 0 aromatic heterocycles. The van der Waals surface area contributed by atoms with E-state index in [9.17, 15) is 9.90 Å². The predicted octanol–water partition coefficient (Wildman–Crippen LogP) is 2.98. The first-order valence-corrected chi connectivity index (χ1v) is 5.72. The molecule has 16 heavy (non-hydrogen) atoms. The first-order chi connectivity index (χ1) is 7.48. The summed E-state index contributed by atoms with van der Waals surface area (Å²) < 4.78 is 5.18. The summed E-state index contributed by atoms with van der Waals surface area (Å²) in [5.41, 5.74) is -0.360. The third-order valence-electron chi connectivity index (χ3n) is 3.06. The zero-order valence-electron chi connectivity index (χ0n) is 10.2. The van der Waals surface area contributed by atoms with E-state index >= 15 is 0 Å². The number of ether oxygens (including phenoxy) is 1. The van der Waals surface area contributed by atoms with Gasteiger partial charge in [0.25, 0.3) is 0 Å². The number of allylic oxidation sites excluding steroid dienone is 3. The first-order valence-electron chi connectivity index (χ1n) is 5.72. The molecule has 1 unspecified atom stereocenters. The molecule has 1 rings (SSSR count). The molecule has 0 bridgehead atoms. The van der Waals surface area contributed by atoms with Crippen LogP contribution in [0.2, 0.25) is 0 Å². The molecule has 0 spiro atoms. The molecular formula is C13H20O3. The van der Waals surface area contributed by atoms with E-state index in [0.29, 0.717) is 18.8 Å². The van der Waals surface area contributed by atoms with Crippen LogP contribution in [0.3, 0.4) is 0 Å². The zero-order chi connectivity index (χ0) is 12.2. The van der Waals surface area contributed by atoms with E-state index in [2.05, 4.69) is 0 Å². The maximum atomic E-state index is 11.3. The van der Waals surface area contributed by atoms with Gasteiger partial charge in [-0.3, -0.25) is 4.79 Å². The lowest BCUT2D eigenvalue weighted by molar-refractivity contribution is -0.145. The molecule has 0 saturated carbocycles. The molecule has 1 atom stereocenters. The number of esters is 1. The first kappa shape index (κ1) is 12.8. The lowest BCUT2D eigenvalue weighted by Crippen LogP contribution is -2.31. The van der Waals surface area contributed by atoms with Crippen molar-refractivity contribution < 1.29 is 14.6 Å². The van der Waals surface area contributed by atoms with Crippen LogP contribution < -0.4 is 0 Å². The van der Waals surface area contributed by atoms with Crippen molar-refractivity contribution in [1.29, 1.82) is 0 Å². The molecule has 0 saturated heterocycles. The Morgan fingerprint density at radius 3 is 2.88 bits per heavy atom. The average Bonchev–Trinajstić information content (AvgIpc) is 2.21. The van der Waals surface area contributed by atoms with Crippen LogP contribution in [0.4, 0.5) is 0 Å². The molecule has 0 radical (unpaired) electrons. The van der Waals surface area contributed by atoms with Crippen molar-refractivity contribution in [2.45, 2.75) is 33.6 Å². The number of rotatable bonds is 4. The normalized spacial score (nSPS) is 22.7. The van der Waals surface area contributed by atoms with Gasteiger partial charge >= 0.3 is 5.97 Å². The van der Waals surface area contributed by atoms with Crippen LogP contribution in [-0.2, 0) is 9.53 Å². The maximum absolute atomic E-state index is 11.3. The topological polar surface area (TPSA) is 46.5 Å². The highest BCUT2D eigenvalue weighted by Crippen LogP contribution is 2.37. The van der Waals surface area contributed by atoms with Crippen LogP contribution in [0.1, 0.15) is 33.6 Å². The summed E-state index contributed by atoms with van der Waals surface area (Å²) in [5, 5.41) is 9.75. The largest absolute Gasteiger partial charge is 0.512 e. The van der Waals surface area contributed by atoms with Crippen LogP contribution in [0, 0.1) is 11.3 Å². The van der Waals surface area contributed by atoms with Gasteiger partial charge in [-0.1, -0.05) is 32.9 Å². The highest BCUT2D eigenvalue weighted by atomic mass is 16.5. The highest BCUT2D eigenvalue weighted by molar-refractivity contribution is 5.69. The van der Waals surface area contributed by atoms with E-state index < -0.39 is 0 Å². The molecule has 1 N–H and O–H groups in total. The molecular weight excluding hydrogens is 204 g/mol. The second-order valence-electron chi connectivity index (χ2n) is 4.70. The molecule has 0 amide bonds. The third-order valence-corrected chi connectivity index (χ3v) is 3.06. The predicted molar refractivity (Wildman–Crippen MR) is 63.0 cm³/mol. The Hall–Kier alpha value is -1.25. The van der Waals surface area contributed by atoms with E-state index in [1.165, 1.54) is 0 Å². The number of carbonyl (C=O) groups excluding carboxylic acids is 1. The lowest BCUT2D eigenvalue weighted by atomic mass is 9.75. The number of aliphatic hydroxyl groups is 1. The summed E-state index contributed by atoms with van der Waals surface area (Å²) in [6, 6.07) is 0. The SMILES string of the molecule is CCCC(=O)OCC1C=CC=C(O)C1(C)C. The minimum atomic E-state index is -0.360. The second-order valence-corrected chi connectivity index (χ2v) is 4.70. The minimum absolute atomic E-state index is 0.0401. The minimum Gasteiger partial charge on any atom is -0.512 e. The molecule has 0 aromatic carbocycles. The summed E-state index contributed by atoms with van der Waals surface area (Å²) in [6.45, 7) is 6.17. The van der Waals surface area contributed by atoms with E-state index in [4.69, 9.17) is 4.74 Å². The summed E-state index contributed by atoms with van der Waals surface area (Å²) in [4.78, 5) is 11.3. The van der Waals surface area contributed by atoms with Crippen LogP contribution in [0.15, 0.2) is 24.0 Å². The van der Waals surface area contributed by atoms with Crippen molar-refractivity contribution in [3.63, 3.8) is 0 Å². The fraction of sp³-hybridized carbons (Fsp3) is 0.615. The third kappa shape index (κ3) is 2.87. The summed E-state index contributed by atoms with van der Waals surface area (Å²) >= 11 is 0. The molecule has 1 aliphatic carbocycles. The molecule has 3 nitrogen and oxygen atoms in total. The fourth-order valence-electron chi connectivity index (χ4n) is 1.65. The van der Waals surface area contributed by atoms with Gasteiger partial charge in [0.1, 0.15) is 0 Å². The van der Waals surface area contributed by atoms with Gasteiger partial charge in [0.15, 0.2) is 0 Å². The van der Waals surface area contributed by atoms with E-state index in [1.54, 1.807) is 12.2 Å². The Balaban J connectivity index is 2.52.